The monoisotopic (exact) mass is 465 g/mol. The van der Waals surface area contributed by atoms with E-state index in [-0.39, 0.29) is 5.97 Å². The quantitative estimate of drug-likeness (QED) is 0.516. The Morgan fingerprint density at radius 3 is 2.33 bits per heavy atom. The normalized spacial score (nSPS) is 20.1. The molecule has 1 spiro atoms. The summed E-state index contributed by atoms with van der Waals surface area (Å²) < 4.78 is 5.47. The number of rotatable bonds is 3. The Hall–Kier alpha value is -2.71. The van der Waals surface area contributed by atoms with E-state index in [1.807, 2.05) is 63.2 Å². The first-order valence-electron chi connectivity index (χ1n) is 11.6. The summed E-state index contributed by atoms with van der Waals surface area (Å²) in [5.41, 5.74) is 3.16. The van der Waals surface area contributed by atoms with Crippen molar-refractivity contribution in [3.8, 4) is 6.07 Å². The molecule has 2 aliphatic rings. The topological polar surface area (TPSA) is 56.6 Å². The van der Waals surface area contributed by atoms with Gasteiger partial charge in [-0.3, -0.25) is 0 Å². The van der Waals surface area contributed by atoms with Crippen molar-refractivity contribution in [3.05, 3.63) is 58.6 Å². The summed E-state index contributed by atoms with van der Waals surface area (Å²) in [5.74, 6) is -0.283. The molecule has 2 aromatic carbocycles. The van der Waals surface area contributed by atoms with Crippen LogP contribution in [0.3, 0.4) is 0 Å². The maximum Gasteiger partial charge on any atom is 0.338 e. The van der Waals surface area contributed by atoms with Gasteiger partial charge in [-0.05, 0) is 94.8 Å². The molecule has 0 amide bonds. The summed E-state index contributed by atoms with van der Waals surface area (Å²) in [6, 6.07) is 16.1. The molecule has 2 aromatic rings. The minimum atomic E-state index is -0.494. The summed E-state index contributed by atoms with van der Waals surface area (Å²) in [5, 5.41) is 9.68. The van der Waals surface area contributed by atoms with Gasteiger partial charge in [0.1, 0.15) is 11.7 Å². The summed E-state index contributed by atoms with van der Waals surface area (Å²) in [6.07, 6.45) is 3.42. The number of nitriles is 1. The first kappa shape index (κ1) is 23.4. The van der Waals surface area contributed by atoms with Crippen LogP contribution < -0.4 is 9.80 Å². The molecule has 0 bridgehead atoms. The van der Waals surface area contributed by atoms with Crippen LogP contribution in [0.25, 0.3) is 0 Å². The zero-order chi connectivity index (χ0) is 23.8. The Balaban J connectivity index is 1.39. The van der Waals surface area contributed by atoms with Crippen LogP contribution in [-0.4, -0.2) is 37.2 Å². The first-order chi connectivity index (χ1) is 15.6. The second-order valence-corrected chi connectivity index (χ2v) is 10.9. The van der Waals surface area contributed by atoms with E-state index in [1.165, 1.54) is 0 Å². The average Bonchev–Trinajstić information content (AvgIpc) is 3.08. The molecule has 2 fully saturated rings. The predicted octanol–water partition coefficient (Wildman–Crippen LogP) is 6.05. The number of ether oxygens (including phenoxy) is 1. The van der Waals surface area contributed by atoms with Crippen LogP contribution in [-0.2, 0) is 4.74 Å². The number of halogens is 1. The molecule has 2 saturated heterocycles. The highest BCUT2D eigenvalue weighted by molar-refractivity contribution is 6.32. The highest BCUT2D eigenvalue weighted by Crippen LogP contribution is 2.45. The van der Waals surface area contributed by atoms with Crippen LogP contribution in [0.1, 0.15) is 62.9 Å². The van der Waals surface area contributed by atoms with E-state index >= 15 is 0 Å². The summed E-state index contributed by atoms with van der Waals surface area (Å²) in [6.45, 7) is 10.9. The van der Waals surface area contributed by atoms with Gasteiger partial charge in [-0.2, -0.15) is 5.26 Å². The fraction of sp³-hybridized carbons (Fsp3) is 0.481. The number of anilines is 2. The van der Waals surface area contributed by atoms with Crippen molar-refractivity contribution in [1.29, 1.82) is 5.26 Å². The number of hydrogen-bond donors (Lipinski definition) is 0. The Morgan fingerprint density at radius 1 is 1.12 bits per heavy atom. The van der Waals surface area contributed by atoms with Crippen molar-refractivity contribution in [1.82, 2.24) is 0 Å². The molecule has 2 heterocycles. The van der Waals surface area contributed by atoms with Gasteiger partial charge in [-0.25, -0.2) is 4.79 Å². The van der Waals surface area contributed by atoms with Crippen molar-refractivity contribution in [2.24, 2.45) is 5.41 Å². The van der Waals surface area contributed by atoms with Crippen molar-refractivity contribution in [2.45, 2.75) is 58.6 Å². The van der Waals surface area contributed by atoms with E-state index in [0.717, 1.165) is 50.3 Å². The number of benzene rings is 2. The highest BCUT2D eigenvalue weighted by Gasteiger charge is 2.44. The van der Waals surface area contributed by atoms with Gasteiger partial charge >= 0.3 is 5.97 Å². The molecular formula is C27H32ClN3O2. The number of hydrogen-bond acceptors (Lipinski definition) is 5. The lowest BCUT2D eigenvalue weighted by molar-refractivity contribution is 0.00695. The lowest BCUT2D eigenvalue weighted by Crippen LogP contribution is -2.41. The highest BCUT2D eigenvalue weighted by atomic mass is 35.5. The Morgan fingerprint density at radius 2 is 1.76 bits per heavy atom. The van der Waals surface area contributed by atoms with Crippen LogP contribution >= 0.6 is 11.6 Å². The summed E-state index contributed by atoms with van der Waals surface area (Å²) in [4.78, 5) is 17.1. The van der Waals surface area contributed by atoms with Crippen molar-refractivity contribution in [3.63, 3.8) is 0 Å². The Labute approximate surface area is 201 Å². The number of carbonyl (C=O) groups is 1. The van der Waals surface area contributed by atoms with E-state index in [2.05, 4.69) is 22.8 Å². The molecule has 174 valence electrons. The van der Waals surface area contributed by atoms with Crippen LogP contribution in [0.15, 0.2) is 42.5 Å². The zero-order valence-electron chi connectivity index (χ0n) is 19.9. The second-order valence-electron chi connectivity index (χ2n) is 10.5. The van der Waals surface area contributed by atoms with E-state index in [4.69, 9.17) is 21.6 Å². The second kappa shape index (κ2) is 8.91. The third kappa shape index (κ3) is 5.12. The lowest BCUT2D eigenvalue weighted by Gasteiger charge is -2.40. The van der Waals surface area contributed by atoms with Crippen molar-refractivity contribution >= 4 is 28.9 Å². The summed E-state index contributed by atoms with van der Waals surface area (Å²) >= 11 is 6.30. The molecule has 0 aliphatic carbocycles. The van der Waals surface area contributed by atoms with Crippen molar-refractivity contribution < 1.29 is 9.53 Å². The molecule has 2 aliphatic heterocycles. The van der Waals surface area contributed by atoms with Gasteiger partial charge in [-0.15, -0.1) is 0 Å². The predicted molar refractivity (Wildman–Crippen MR) is 133 cm³/mol. The van der Waals surface area contributed by atoms with Gasteiger partial charge in [0, 0.05) is 37.1 Å². The zero-order valence-corrected chi connectivity index (χ0v) is 20.7. The van der Waals surface area contributed by atoms with Crippen molar-refractivity contribution in [2.75, 3.05) is 29.4 Å². The van der Waals surface area contributed by atoms with Gasteiger partial charge in [0.15, 0.2) is 0 Å². The minimum absolute atomic E-state index is 0.283. The van der Waals surface area contributed by atoms with E-state index in [1.54, 1.807) is 0 Å². The SMILES string of the molecule is C[C@H]1CC2(CCN(c3ccc(C(=O)OC(C)(C)C)cc3)CC2)CN1c1ccc(C#N)c(Cl)c1. The van der Waals surface area contributed by atoms with Crippen LogP contribution in [0.2, 0.25) is 5.02 Å². The fourth-order valence-electron chi connectivity index (χ4n) is 5.18. The van der Waals surface area contributed by atoms with Gasteiger partial charge in [0.2, 0.25) is 0 Å². The molecule has 4 rings (SSSR count). The van der Waals surface area contributed by atoms with Crippen LogP contribution in [0.5, 0.6) is 0 Å². The first-order valence-corrected chi connectivity index (χ1v) is 12.0. The van der Waals surface area contributed by atoms with Crippen LogP contribution in [0.4, 0.5) is 11.4 Å². The Kier molecular flexibility index (Phi) is 6.33. The number of carbonyl (C=O) groups excluding carboxylic acids is 1. The van der Waals surface area contributed by atoms with Gasteiger partial charge in [0.25, 0.3) is 0 Å². The fourth-order valence-corrected chi connectivity index (χ4v) is 5.40. The number of piperidine rings is 1. The average molecular weight is 466 g/mol. The number of nitrogens with zero attached hydrogens (tertiary/aromatic N) is 3. The molecule has 0 N–H and O–H groups in total. The molecule has 6 heteroatoms. The molecule has 0 saturated carbocycles. The molecule has 5 nitrogen and oxygen atoms in total. The maximum atomic E-state index is 12.3. The van der Waals surface area contributed by atoms with Crippen LogP contribution in [0, 0.1) is 16.7 Å². The Bertz CT molecular complexity index is 1060. The van der Waals surface area contributed by atoms with E-state index in [9.17, 15) is 4.79 Å². The van der Waals surface area contributed by atoms with E-state index < -0.39 is 5.60 Å². The third-order valence-corrected chi connectivity index (χ3v) is 7.17. The largest absolute Gasteiger partial charge is 0.456 e. The molecule has 1 atom stereocenters. The lowest BCUT2D eigenvalue weighted by atomic mass is 9.76. The van der Waals surface area contributed by atoms with Gasteiger partial charge < -0.3 is 14.5 Å². The smallest absolute Gasteiger partial charge is 0.338 e. The van der Waals surface area contributed by atoms with Gasteiger partial charge in [-0.1, -0.05) is 11.6 Å². The minimum Gasteiger partial charge on any atom is -0.456 e. The number of esters is 1. The summed E-state index contributed by atoms with van der Waals surface area (Å²) in [7, 11) is 0. The van der Waals surface area contributed by atoms with Gasteiger partial charge in [0.05, 0.1) is 16.1 Å². The standard InChI is InChI=1S/C27H32ClN3O2/c1-19-16-27(18-31(19)23-10-7-21(17-29)24(28)15-23)11-13-30(14-12-27)22-8-5-20(6-9-22)25(32)33-26(2,3)4/h5-10,15,19H,11-14,16,18H2,1-4H3/t19-/m0/s1. The maximum absolute atomic E-state index is 12.3. The van der Waals surface area contributed by atoms with E-state index in [0.29, 0.717) is 27.6 Å². The molecule has 0 radical (unpaired) electrons. The third-order valence-electron chi connectivity index (χ3n) is 6.86. The molecule has 0 aromatic heterocycles. The molecule has 33 heavy (non-hydrogen) atoms. The molecular weight excluding hydrogens is 434 g/mol. The molecule has 0 unspecified atom stereocenters.